The second-order valence-electron chi connectivity index (χ2n) is 3.80. The fourth-order valence-corrected chi connectivity index (χ4v) is 2.94. The number of halogens is 1. The average molecular weight is 321 g/mol. The highest BCUT2D eigenvalue weighted by atomic mass is 79.9. The Hall–Kier alpha value is 0.140. The first-order valence-corrected chi connectivity index (χ1v) is 8.17. The van der Waals surface area contributed by atoms with Gasteiger partial charge in [0.15, 0.2) is 0 Å². The van der Waals surface area contributed by atoms with Crippen LogP contribution in [0.3, 0.4) is 0 Å². The van der Waals surface area contributed by atoms with E-state index in [2.05, 4.69) is 35.0 Å². The van der Waals surface area contributed by atoms with Crippen LogP contribution in [0.15, 0.2) is 15.9 Å². The lowest BCUT2D eigenvalue weighted by Crippen LogP contribution is -1.84. The summed E-state index contributed by atoms with van der Waals surface area (Å²) in [5.41, 5.74) is 0. The van der Waals surface area contributed by atoms with Crippen LogP contribution in [0.1, 0.15) is 51.3 Å². The molecule has 0 N–H and O–H groups in total. The number of hydrogen-bond acceptors (Lipinski definition) is 2. The van der Waals surface area contributed by atoms with Crippen LogP contribution >= 0.6 is 27.3 Å². The largest absolute Gasteiger partial charge is 0.382 e. The number of hydrogen-bond donors (Lipinski definition) is 0. The van der Waals surface area contributed by atoms with E-state index in [0.717, 1.165) is 13.2 Å². The van der Waals surface area contributed by atoms with Crippen LogP contribution in [0.4, 0.5) is 0 Å². The molecule has 0 amide bonds. The summed E-state index contributed by atoms with van der Waals surface area (Å²) < 4.78 is 6.09. The molecule has 0 radical (unpaired) electrons. The summed E-state index contributed by atoms with van der Waals surface area (Å²) in [6, 6.07) is 4.36. The molecule has 0 bridgehead atoms. The Kier molecular flexibility index (Phi) is 12.7. The van der Waals surface area contributed by atoms with E-state index >= 15 is 0 Å². The summed E-state index contributed by atoms with van der Waals surface area (Å²) in [6.07, 6.45) is 6.70. The summed E-state index contributed by atoms with van der Waals surface area (Å²) in [6.45, 7) is 7.92. The molecule has 0 saturated heterocycles. The first kappa shape index (κ1) is 17.1. The Morgan fingerprint density at radius 1 is 1.06 bits per heavy atom. The molecule has 0 atom stereocenters. The van der Waals surface area contributed by atoms with Crippen molar-refractivity contribution >= 4 is 27.3 Å². The fourth-order valence-electron chi connectivity index (χ4n) is 1.42. The van der Waals surface area contributed by atoms with Gasteiger partial charge in [-0.15, -0.1) is 11.3 Å². The SMILES string of the molecule is CCCCCCc1ccc(Br)s1.CCOCC. The van der Waals surface area contributed by atoms with Crippen molar-refractivity contribution < 1.29 is 4.74 Å². The van der Waals surface area contributed by atoms with Crippen molar-refractivity contribution in [1.82, 2.24) is 0 Å². The van der Waals surface area contributed by atoms with Crippen molar-refractivity contribution in [3.05, 3.63) is 20.8 Å². The zero-order chi connectivity index (χ0) is 12.9. The molecule has 1 aromatic rings. The molecular weight excluding hydrogens is 296 g/mol. The zero-order valence-corrected chi connectivity index (χ0v) is 13.7. The lowest BCUT2D eigenvalue weighted by molar-refractivity contribution is 0.162. The summed E-state index contributed by atoms with van der Waals surface area (Å²) in [7, 11) is 0. The van der Waals surface area contributed by atoms with E-state index in [4.69, 9.17) is 4.74 Å². The molecule has 3 heteroatoms. The van der Waals surface area contributed by atoms with E-state index in [1.807, 2.05) is 25.2 Å². The molecular formula is C14H25BrOS. The Bertz CT molecular complexity index is 258. The predicted molar refractivity (Wildman–Crippen MR) is 82.0 cm³/mol. The van der Waals surface area contributed by atoms with Gasteiger partial charge in [-0.25, -0.2) is 0 Å². The van der Waals surface area contributed by atoms with Crippen LogP contribution in [0.25, 0.3) is 0 Å². The van der Waals surface area contributed by atoms with E-state index in [1.165, 1.54) is 40.8 Å². The lowest BCUT2D eigenvalue weighted by Gasteiger charge is -1.96. The quantitative estimate of drug-likeness (QED) is 0.587. The smallest absolute Gasteiger partial charge is 0.0701 e. The number of unbranched alkanes of at least 4 members (excludes halogenated alkanes) is 3. The van der Waals surface area contributed by atoms with Crippen molar-refractivity contribution in [2.24, 2.45) is 0 Å². The molecule has 0 fully saturated rings. The molecule has 0 aliphatic rings. The van der Waals surface area contributed by atoms with Crippen molar-refractivity contribution in [3.8, 4) is 0 Å². The van der Waals surface area contributed by atoms with Crippen LogP contribution in [0.5, 0.6) is 0 Å². The van der Waals surface area contributed by atoms with Crippen LogP contribution in [-0.2, 0) is 11.2 Å². The Morgan fingerprint density at radius 2 is 1.76 bits per heavy atom. The Morgan fingerprint density at radius 3 is 2.18 bits per heavy atom. The zero-order valence-electron chi connectivity index (χ0n) is 11.3. The molecule has 0 unspecified atom stereocenters. The van der Waals surface area contributed by atoms with Crippen molar-refractivity contribution in [2.45, 2.75) is 52.9 Å². The fraction of sp³-hybridized carbons (Fsp3) is 0.714. The summed E-state index contributed by atoms with van der Waals surface area (Å²) in [4.78, 5) is 1.51. The average Bonchev–Trinajstić information content (AvgIpc) is 2.73. The third-order valence-corrected chi connectivity index (χ3v) is 4.00. The van der Waals surface area contributed by atoms with Crippen molar-refractivity contribution in [2.75, 3.05) is 13.2 Å². The van der Waals surface area contributed by atoms with Gasteiger partial charge in [0.25, 0.3) is 0 Å². The molecule has 0 aromatic carbocycles. The second kappa shape index (κ2) is 12.6. The highest BCUT2D eigenvalue weighted by Gasteiger charge is 1.96. The van der Waals surface area contributed by atoms with E-state index in [0.29, 0.717) is 0 Å². The molecule has 100 valence electrons. The lowest BCUT2D eigenvalue weighted by atomic mass is 10.1. The molecule has 1 rings (SSSR count). The maximum Gasteiger partial charge on any atom is 0.0701 e. The van der Waals surface area contributed by atoms with Crippen molar-refractivity contribution in [1.29, 1.82) is 0 Å². The molecule has 1 heterocycles. The van der Waals surface area contributed by atoms with Crippen LogP contribution < -0.4 is 0 Å². The van der Waals surface area contributed by atoms with E-state index < -0.39 is 0 Å². The molecule has 1 nitrogen and oxygen atoms in total. The predicted octanol–water partition coefficient (Wildman–Crippen LogP) is 5.68. The number of thiophene rings is 1. The minimum absolute atomic E-state index is 0.844. The topological polar surface area (TPSA) is 9.23 Å². The molecule has 0 saturated carbocycles. The monoisotopic (exact) mass is 320 g/mol. The third kappa shape index (κ3) is 11.0. The number of rotatable bonds is 7. The van der Waals surface area contributed by atoms with Crippen LogP contribution in [-0.4, -0.2) is 13.2 Å². The molecule has 0 aliphatic carbocycles. The van der Waals surface area contributed by atoms with Gasteiger partial charge >= 0.3 is 0 Å². The van der Waals surface area contributed by atoms with Crippen LogP contribution in [0, 0.1) is 0 Å². The van der Waals surface area contributed by atoms with Gasteiger partial charge in [0.2, 0.25) is 0 Å². The maximum absolute atomic E-state index is 4.83. The molecule has 17 heavy (non-hydrogen) atoms. The minimum Gasteiger partial charge on any atom is -0.382 e. The van der Waals surface area contributed by atoms with Gasteiger partial charge in [0.05, 0.1) is 3.79 Å². The Balaban J connectivity index is 0.000000437. The first-order valence-electron chi connectivity index (χ1n) is 6.56. The normalized spacial score (nSPS) is 9.88. The van der Waals surface area contributed by atoms with Gasteiger partial charge in [-0.2, -0.15) is 0 Å². The third-order valence-electron chi connectivity index (χ3n) is 2.31. The van der Waals surface area contributed by atoms with Gasteiger partial charge < -0.3 is 4.74 Å². The molecule has 0 spiro atoms. The van der Waals surface area contributed by atoms with E-state index in [9.17, 15) is 0 Å². The first-order chi connectivity index (χ1) is 8.24. The highest BCUT2D eigenvalue weighted by Crippen LogP contribution is 2.23. The van der Waals surface area contributed by atoms with Gasteiger partial charge in [0, 0.05) is 18.1 Å². The van der Waals surface area contributed by atoms with Crippen molar-refractivity contribution in [3.63, 3.8) is 0 Å². The van der Waals surface area contributed by atoms with Gasteiger partial charge in [-0.05, 0) is 54.8 Å². The van der Waals surface area contributed by atoms with Gasteiger partial charge in [-0.1, -0.05) is 26.2 Å². The number of ether oxygens (including phenoxy) is 1. The van der Waals surface area contributed by atoms with E-state index in [-0.39, 0.29) is 0 Å². The van der Waals surface area contributed by atoms with Gasteiger partial charge in [-0.3, -0.25) is 0 Å². The minimum atomic E-state index is 0.844. The number of aryl methyl sites for hydroxylation is 1. The maximum atomic E-state index is 4.83. The summed E-state index contributed by atoms with van der Waals surface area (Å²) >= 11 is 5.34. The van der Waals surface area contributed by atoms with Gasteiger partial charge in [0.1, 0.15) is 0 Å². The standard InChI is InChI=1S/C10H15BrS.C4H10O/c1-2-3-4-5-6-9-7-8-10(11)12-9;1-3-5-4-2/h7-8H,2-6H2,1H3;3-4H2,1-2H3. The molecule has 1 aromatic heterocycles. The van der Waals surface area contributed by atoms with Crippen LogP contribution in [0.2, 0.25) is 0 Å². The summed E-state index contributed by atoms with van der Waals surface area (Å²) in [5.74, 6) is 0. The summed E-state index contributed by atoms with van der Waals surface area (Å²) in [5, 5.41) is 0. The van der Waals surface area contributed by atoms with E-state index in [1.54, 1.807) is 0 Å². The second-order valence-corrected chi connectivity index (χ2v) is 6.35. The Labute approximate surface area is 119 Å². The highest BCUT2D eigenvalue weighted by molar-refractivity contribution is 9.11. The molecule has 0 aliphatic heterocycles.